The Morgan fingerprint density at radius 3 is 2.52 bits per heavy atom. The molecule has 4 heteroatoms. The number of thiophene rings is 1. The summed E-state index contributed by atoms with van der Waals surface area (Å²) in [5.41, 5.74) is 2.33. The van der Waals surface area contributed by atoms with Gasteiger partial charge in [-0.1, -0.05) is 30.3 Å². The number of hydrogen-bond donors (Lipinski definition) is 1. The Labute approximate surface area is 130 Å². The summed E-state index contributed by atoms with van der Waals surface area (Å²) >= 11 is 1.50. The van der Waals surface area contributed by atoms with Gasteiger partial charge in [-0.25, -0.2) is 0 Å². The molecule has 2 aromatic rings. The van der Waals surface area contributed by atoms with Gasteiger partial charge >= 0.3 is 0 Å². The lowest BCUT2D eigenvalue weighted by molar-refractivity contribution is 0.0945. The Bertz CT molecular complexity index is 577. The summed E-state index contributed by atoms with van der Waals surface area (Å²) in [6.07, 6.45) is 0.928. The third kappa shape index (κ3) is 4.41. The van der Waals surface area contributed by atoms with Crippen LogP contribution in [0, 0.1) is 6.92 Å². The van der Waals surface area contributed by atoms with E-state index in [4.69, 9.17) is 0 Å². The van der Waals surface area contributed by atoms with Crippen molar-refractivity contribution in [2.75, 3.05) is 20.6 Å². The van der Waals surface area contributed by atoms with E-state index in [9.17, 15) is 4.79 Å². The Kier molecular flexibility index (Phi) is 5.53. The van der Waals surface area contributed by atoms with Gasteiger partial charge in [0.1, 0.15) is 0 Å². The number of rotatable bonds is 6. The van der Waals surface area contributed by atoms with E-state index in [2.05, 4.69) is 48.6 Å². The molecule has 1 unspecified atom stereocenters. The quantitative estimate of drug-likeness (QED) is 0.890. The molecule has 1 N–H and O–H groups in total. The fourth-order valence-electron chi connectivity index (χ4n) is 2.22. The van der Waals surface area contributed by atoms with Crippen molar-refractivity contribution in [3.8, 4) is 0 Å². The molecule has 0 saturated carbocycles. The summed E-state index contributed by atoms with van der Waals surface area (Å²) in [5, 5.41) is 5.01. The molecule has 0 spiro atoms. The second-order valence-electron chi connectivity index (χ2n) is 5.45. The summed E-state index contributed by atoms with van der Waals surface area (Å²) in [5.74, 6) is 0.0300. The van der Waals surface area contributed by atoms with Gasteiger partial charge < -0.3 is 10.2 Å². The van der Waals surface area contributed by atoms with E-state index in [0.29, 0.717) is 6.54 Å². The van der Waals surface area contributed by atoms with E-state index < -0.39 is 0 Å². The molecule has 1 aromatic heterocycles. The zero-order chi connectivity index (χ0) is 15.2. The summed E-state index contributed by atoms with van der Waals surface area (Å²) < 4.78 is 0. The molecular formula is C17H22N2OS. The first kappa shape index (κ1) is 15.7. The predicted octanol–water partition coefficient (Wildman–Crippen LogP) is 2.96. The Morgan fingerprint density at radius 1 is 1.24 bits per heavy atom. The van der Waals surface area contributed by atoms with Crippen molar-refractivity contribution in [2.24, 2.45) is 0 Å². The van der Waals surface area contributed by atoms with Gasteiger partial charge in [0.15, 0.2) is 0 Å². The largest absolute Gasteiger partial charge is 0.350 e. The van der Waals surface area contributed by atoms with Crippen LogP contribution in [0.4, 0.5) is 0 Å². The molecule has 1 aromatic carbocycles. The number of carbonyl (C=O) groups is 1. The molecule has 1 atom stereocenters. The Morgan fingerprint density at radius 2 is 1.95 bits per heavy atom. The Hall–Kier alpha value is -1.65. The number of likely N-dealkylation sites (N-methyl/N-ethyl adjacent to an activating group) is 1. The highest BCUT2D eigenvalue weighted by molar-refractivity contribution is 7.12. The summed E-state index contributed by atoms with van der Waals surface area (Å²) in [6, 6.07) is 12.6. The standard InChI is InChI=1S/C17H22N2OS/c1-13-9-10-21-16(13)17(20)18-12-15(19(2)3)11-14-7-5-4-6-8-14/h4-10,15H,11-12H2,1-3H3,(H,18,20). The molecule has 112 valence electrons. The van der Waals surface area contributed by atoms with Gasteiger partial charge in [-0.05, 0) is 50.0 Å². The maximum absolute atomic E-state index is 12.2. The van der Waals surface area contributed by atoms with Crippen molar-refractivity contribution in [3.05, 3.63) is 57.8 Å². The molecule has 0 bridgehead atoms. The summed E-state index contributed by atoms with van der Waals surface area (Å²) in [7, 11) is 4.10. The van der Waals surface area contributed by atoms with Crippen LogP contribution in [-0.4, -0.2) is 37.5 Å². The second-order valence-corrected chi connectivity index (χ2v) is 6.37. The molecular weight excluding hydrogens is 280 g/mol. The van der Waals surface area contributed by atoms with Gasteiger partial charge in [-0.2, -0.15) is 0 Å². The van der Waals surface area contributed by atoms with Crippen molar-refractivity contribution in [1.29, 1.82) is 0 Å². The molecule has 0 radical (unpaired) electrons. The van der Waals surface area contributed by atoms with E-state index in [-0.39, 0.29) is 11.9 Å². The lowest BCUT2D eigenvalue weighted by Gasteiger charge is -2.24. The fourth-order valence-corrected chi connectivity index (χ4v) is 3.06. The van der Waals surface area contributed by atoms with Crippen molar-refractivity contribution in [3.63, 3.8) is 0 Å². The van der Waals surface area contributed by atoms with Crippen LogP contribution in [0.15, 0.2) is 41.8 Å². The molecule has 21 heavy (non-hydrogen) atoms. The van der Waals surface area contributed by atoms with Crippen molar-refractivity contribution in [1.82, 2.24) is 10.2 Å². The first-order valence-corrected chi connectivity index (χ1v) is 7.98. The number of amides is 1. The minimum atomic E-state index is 0.0300. The van der Waals surface area contributed by atoms with Crippen LogP contribution in [0.25, 0.3) is 0 Å². The van der Waals surface area contributed by atoms with Gasteiger partial charge in [0.25, 0.3) is 5.91 Å². The van der Waals surface area contributed by atoms with Crippen LogP contribution in [0.5, 0.6) is 0 Å². The maximum Gasteiger partial charge on any atom is 0.261 e. The molecule has 0 saturated heterocycles. The number of carbonyl (C=O) groups excluding carboxylic acids is 1. The maximum atomic E-state index is 12.2. The van der Waals surface area contributed by atoms with Crippen molar-refractivity contribution >= 4 is 17.2 Å². The summed E-state index contributed by atoms with van der Waals surface area (Å²) in [4.78, 5) is 15.2. The zero-order valence-corrected chi connectivity index (χ0v) is 13.6. The highest BCUT2D eigenvalue weighted by Crippen LogP contribution is 2.15. The average Bonchev–Trinajstić information content (AvgIpc) is 2.90. The van der Waals surface area contributed by atoms with E-state index in [1.54, 1.807) is 0 Å². The minimum absolute atomic E-state index is 0.0300. The van der Waals surface area contributed by atoms with Crippen LogP contribution in [0.3, 0.4) is 0 Å². The number of aryl methyl sites for hydroxylation is 1. The molecule has 0 fully saturated rings. The molecule has 0 aliphatic rings. The monoisotopic (exact) mass is 302 g/mol. The van der Waals surface area contributed by atoms with Gasteiger partial charge in [-0.15, -0.1) is 11.3 Å². The SMILES string of the molecule is Cc1ccsc1C(=O)NCC(Cc1ccccc1)N(C)C. The lowest BCUT2D eigenvalue weighted by atomic mass is 10.1. The summed E-state index contributed by atoms with van der Waals surface area (Å²) in [6.45, 7) is 2.62. The van der Waals surface area contributed by atoms with Crippen molar-refractivity contribution in [2.45, 2.75) is 19.4 Å². The van der Waals surface area contributed by atoms with E-state index in [1.807, 2.05) is 24.4 Å². The van der Waals surface area contributed by atoms with Crippen LogP contribution < -0.4 is 5.32 Å². The normalized spacial score (nSPS) is 12.4. The smallest absolute Gasteiger partial charge is 0.261 e. The van der Waals surface area contributed by atoms with Gasteiger partial charge in [0.05, 0.1) is 4.88 Å². The van der Waals surface area contributed by atoms with Crippen LogP contribution in [-0.2, 0) is 6.42 Å². The van der Waals surface area contributed by atoms with Crippen molar-refractivity contribution < 1.29 is 4.79 Å². The molecule has 0 aliphatic heterocycles. The first-order chi connectivity index (χ1) is 10.1. The third-order valence-electron chi connectivity index (χ3n) is 3.61. The minimum Gasteiger partial charge on any atom is -0.350 e. The highest BCUT2D eigenvalue weighted by atomic mass is 32.1. The molecule has 0 aliphatic carbocycles. The highest BCUT2D eigenvalue weighted by Gasteiger charge is 2.16. The van der Waals surface area contributed by atoms with E-state index >= 15 is 0 Å². The number of hydrogen-bond acceptors (Lipinski definition) is 3. The predicted molar refractivity (Wildman–Crippen MR) is 89.0 cm³/mol. The number of nitrogens with one attached hydrogen (secondary N) is 1. The fraction of sp³-hybridized carbons (Fsp3) is 0.353. The zero-order valence-electron chi connectivity index (χ0n) is 12.8. The van der Waals surface area contributed by atoms with Gasteiger partial charge in [0.2, 0.25) is 0 Å². The van der Waals surface area contributed by atoms with Crippen LogP contribution >= 0.6 is 11.3 Å². The molecule has 1 amide bonds. The number of benzene rings is 1. The molecule has 3 nitrogen and oxygen atoms in total. The topological polar surface area (TPSA) is 32.3 Å². The van der Waals surface area contributed by atoms with E-state index in [1.165, 1.54) is 16.9 Å². The van der Waals surface area contributed by atoms with Gasteiger partial charge in [-0.3, -0.25) is 4.79 Å². The average molecular weight is 302 g/mol. The van der Waals surface area contributed by atoms with E-state index in [0.717, 1.165) is 16.9 Å². The van der Waals surface area contributed by atoms with Crippen LogP contribution in [0.1, 0.15) is 20.8 Å². The van der Waals surface area contributed by atoms with Gasteiger partial charge in [0, 0.05) is 12.6 Å². The van der Waals surface area contributed by atoms with Crippen LogP contribution in [0.2, 0.25) is 0 Å². The molecule has 2 rings (SSSR count). The Balaban J connectivity index is 1.95. The second kappa shape index (κ2) is 7.38. The first-order valence-electron chi connectivity index (χ1n) is 7.10. The lowest BCUT2D eigenvalue weighted by Crippen LogP contribution is -2.41. The third-order valence-corrected chi connectivity index (χ3v) is 4.63. The molecule has 1 heterocycles. The number of nitrogens with zero attached hydrogens (tertiary/aromatic N) is 1.